The molecule has 66 valence electrons. The molecule has 0 fully saturated rings. The second-order valence-corrected chi connectivity index (χ2v) is 3.29. The van der Waals surface area contributed by atoms with E-state index in [0.717, 1.165) is 11.4 Å². The Bertz CT molecular complexity index is 403. The molecule has 0 amide bonds. The van der Waals surface area contributed by atoms with E-state index in [0.29, 0.717) is 0 Å². The highest BCUT2D eigenvalue weighted by atomic mass is 35.5. The topological polar surface area (TPSA) is 17.8 Å². The predicted octanol–water partition coefficient (Wildman–Crippen LogP) is 2.86. The van der Waals surface area contributed by atoms with E-state index in [1.807, 2.05) is 24.3 Å². The summed E-state index contributed by atoms with van der Waals surface area (Å²) in [6.07, 6.45) is 3.40. The first-order valence-electron chi connectivity index (χ1n) is 4.04. The fourth-order valence-corrected chi connectivity index (χ4v) is 1.38. The molecule has 0 saturated carbocycles. The van der Waals surface area contributed by atoms with Crippen LogP contribution in [0, 0.1) is 6.92 Å². The molecule has 0 aliphatic rings. The molecule has 0 unspecified atom stereocenters. The van der Waals surface area contributed by atoms with Crippen LogP contribution in [0.4, 0.5) is 0 Å². The van der Waals surface area contributed by atoms with Gasteiger partial charge in [0.25, 0.3) is 0 Å². The first-order valence-corrected chi connectivity index (χ1v) is 4.38. The minimum absolute atomic E-state index is 0.779. The van der Waals surface area contributed by atoms with Crippen LogP contribution in [-0.2, 0) is 0 Å². The average Bonchev–Trinajstić information content (AvgIpc) is 2.53. The summed E-state index contributed by atoms with van der Waals surface area (Å²) in [4.78, 5) is 4.15. The van der Waals surface area contributed by atoms with Crippen LogP contribution in [0.1, 0.15) is 5.56 Å². The Morgan fingerprint density at radius 3 is 2.46 bits per heavy atom. The van der Waals surface area contributed by atoms with Gasteiger partial charge in [-0.15, -0.1) is 0 Å². The summed E-state index contributed by atoms with van der Waals surface area (Å²) in [6.45, 7) is 2.05. The molecule has 2 aromatic rings. The van der Waals surface area contributed by atoms with Gasteiger partial charge in [-0.2, -0.15) is 0 Å². The van der Waals surface area contributed by atoms with Crippen LogP contribution in [0.5, 0.6) is 0 Å². The first-order chi connectivity index (χ1) is 6.27. The lowest BCUT2D eigenvalue weighted by Gasteiger charge is -1.99. The van der Waals surface area contributed by atoms with Gasteiger partial charge in [-0.25, -0.2) is 9.07 Å². The van der Waals surface area contributed by atoms with E-state index in [9.17, 15) is 0 Å². The maximum Gasteiger partial charge on any atom is 0.154 e. The Balaban J connectivity index is 2.47. The minimum Gasteiger partial charge on any atom is -0.242 e. The van der Waals surface area contributed by atoms with Crippen LogP contribution in [0.25, 0.3) is 11.4 Å². The number of hydrogen-bond donors (Lipinski definition) is 0. The molecule has 1 aromatic heterocycles. The van der Waals surface area contributed by atoms with Crippen molar-refractivity contribution in [2.24, 2.45) is 0 Å². The molecular formula is C10H9ClN2. The van der Waals surface area contributed by atoms with Crippen molar-refractivity contribution in [2.75, 3.05) is 0 Å². The largest absolute Gasteiger partial charge is 0.242 e. The first kappa shape index (κ1) is 8.32. The number of rotatable bonds is 1. The highest BCUT2D eigenvalue weighted by Crippen LogP contribution is 2.18. The van der Waals surface area contributed by atoms with Crippen LogP contribution in [0.2, 0.25) is 0 Å². The predicted molar refractivity (Wildman–Crippen MR) is 53.7 cm³/mol. The van der Waals surface area contributed by atoms with Gasteiger partial charge in [0.2, 0.25) is 0 Å². The highest BCUT2D eigenvalue weighted by Gasteiger charge is 2.02. The molecule has 0 N–H and O–H groups in total. The summed E-state index contributed by atoms with van der Waals surface area (Å²) < 4.78 is 1.49. The molecule has 0 saturated heterocycles. The number of halogens is 1. The second kappa shape index (κ2) is 3.23. The van der Waals surface area contributed by atoms with Gasteiger partial charge in [-0.1, -0.05) is 29.8 Å². The summed E-state index contributed by atoms with van der Waals surface area (Å²) in [5, 5.41) is 0. The molecule has 0 radical (unpaired) electrons. The fourth-order valence-electron chi connectivity index (χ4n) is 1.19. The molecule has 3 heteroatoms. The fraction of sp³-hybridized carbons (Fsp3) is 0.100. The highest BCUT2D eigenvalue weighted by molar-refractivity contribution is 6.16. The van der Waals surface area contributed by atoms with Gasteiger partial charge in [0.15, 0.2) is 5.82 Å². The Labute approximate surface area is 81.9 Å². The van der Waals surface area contributed by atoms with Gasteiger partial charge in [-0.05, 0) is 6.92 Å². The maximum atomic E-state index is 5.87. The summed E-state index contributed by atoms with van der Waals surface area (Å²) >= 11 is 5.87. The lowest BCUT2D eigenvalue weighted by Crippen LogP contribution is -1.85. The third-order valence-corrected chi connectivity index (χ3v) is 2.18. The zero-order chi connectivity index (χ0) is 9.26. The maximum absolute atomic E-state index is 5.87. The Kier molecular flexibility index (Phi) is 2.07. The SMILES string of the molecule is Cc1ccc(-c2nccn2Cl)cc1. The number of aromatic nitrogens is 2. The van der Waals surface area contributed by atoms with Crippen molar-refractivity contribution >= 4 is 11.8 Å². The normalized spacial score (nSPS) is 10.3. The monoisotopic (exact) mass is 192 g/mol. The van der Waals surface area contributed by atoms with E-state index in [1.165, 1.54) is 9.65 Å². The van der Waals surface area contributed by atoms with Crippen molar-refractivity contribution in [1.29, 1.82) is 0 Å². The Hall–Kier alpha value is -1.28. The molecule has 1 aromatic carbocycles. The zero-order valence-corrected chi connectivity index (χ0v) is 7.99. The van der Waals surface area contributed by atoms with Gasteiger partial charge in [-0.3, -0.25) is 0 Å². The van der Waals surface area contributed by atoms with Crippen molar-refractivity contribution < 1.29 is 0 Å². The molecule has 0 atom stereocenters. The standard InChI is InChI=1S/C10H9ClN2/c1-8-2-4-9(5-3-8)10-12-6-7-13(10)11/h2-7H,1H3. The van der Waals surface area contributed by atoms with Crippen molar-refractivity contribution in [3.8, 4) is 11.4 Å². The molecule has 0 spiro atoms. The van der Waals surface area contributed by atoms with Gasteiger partial charge in [0.05, 0.1) is 0 Å². The van der Waals surface area contributed by atoms with Gasteiger partial charge < -0.3 is 0 Å². The molecule has 0 aliphatic heterocycles. The molecule has 2 nitrogen and oxygen atoms in total. The molecule has 0 aliphatic carbocycles. The van der Waals surface area contributed by atoms with Crippen molar-refractivity contribution in [3.63, 3.8) is 0 Å². The number of aryl methyl sites for hydroxylation is 1. The average molecular weight is 193 g/mol. The number of hydrogen-bond acceptors (Lipinski definition) is 1. The van der Waals surface area contributed by atoms with Crippen molar-refractivity contribution in [3.05, 3.63) is 42.2 Å². The van der Waals surface area contributed by atoms with E-state index >= 15 is 0 Å². The van der Waals surface area contributed by atoms with Gasteiger partial charge >= 0.3 is 0 Å². The van der Waals surface area contributed by atoms with Crippen LogP contribution >= 0.6 is 11.8 Å². The second-order valence-electron chi connectivity index (χ2n) is 2.93. The molecule has 1 heterocycles. The van der Waals surface area contributed by atoms with E-state index in [2.05, 4.69) is 11.9 Å². The van der Waals surface area contributed by atoms with E-state index in [4.69, 9.17) is 11.8 Å². The minimum atomic E-state index is 0.779. The van der Waals surface area contributed by atoms with Gasteiger partial charge in [0.1, 0.15) is 0 Å². The Morgan fingerprint density at radius 2 is 1.92 bits per heavy atom. The number of benzene rings is 1. The van der Waals surface area contributed by atoms with E-state index in [-0.39, 0.29) is 0 Å². The lowest BCUT2D eigenvalue weighted by atomic mass is 10.1. The quantitative estimate of drug-likeness (QED) is 0.680. The molecular weight excluding hydrogens is 184 g/mol. The third kappa shape index (κ3) is 1.58. The summed E-state index contributed by atoms with van der Waals surface area (Å²) in [5.74, 6) is 0.779. The Morgan fingerprint density at radius 1 is 1.23 bits per heavy atom. The molecule has 0 bridgehead atoms. The van der Waals surface area contributed by atoms with E-state index < -0.39 is 0 Å². The van der Waals surface area contributed by atoms with Crippen molar-refractivity contribution in [2.45, 2.75) is 6.92 Å². The van der Waals surface area contributed by atoms with E-state index in [1.54, 1.807) is 12.4 Å². The summed E-state index contributed by atoms with van der Waals surface area (Å²) in [5.41, 5.74) is 2.27. The van der Waals surface area contributed by atoms with Crippen LogP contribution < -0.4 is 0 Å². The van der Waals surface area contributed by atoms with Crippen molar-refractivity contribution in [1.82, 2.24) is 9.07 Å². The lowest BCUT2D eigenvalue weighted by molar-refractivity contribution is 1.22. The van der Waals surface area contributed by atoms with Crippen LogP contribution in [-0.4, -0.2) is 9.07 Å². The van der Waals surface area contributed by atoms with Crippen LogP contribution in [0.3, 0.4) is 0 Å². The summed E-state index contributed by atoms with van der Waals surface area (Å²) in [7, 11) is 0. The number of nitrogens with zero attached hydrogens (tertiary/aromatic N) is 2. The van der Waals surface area contributed by atoms with Gasteiger partial charge in [0, 0.05) is 29.7 Å². The summed E-state index contributed by atoms with van der Waals surface area (Å²) in [6, 6.07) is 8.11. The molecule has 2 rings (SSSR count). The molecule has 13 heavy (non-hydrogen) atoms. The third-order valence-electron chi connectivity index (χ3n) is 1.91. The zero-order valence-electron chi connectivity index (χ0n) is 7.24. The smallest absolute Gasteiger partial charge is 0.154 e. The number of imidazole rings is 1. The van der Waals surface area contributed by atoms with Crippen LogP contribution in [0.15, 0.2) is 36.7 Å².